The number of ether oxygens (including phenoxy) is 4. The van der Waals surface area contributed by atoms with Gasteiger partial charge in [-0.05, 0) is 36.2 Å². The predicted octanol–water partition coefficient (Wildman–Crippen LogP) is 3.51. The van der Waals surface area contributed by atoms with Gasteiger partial charge in [0.2, 0.25) is 5.75 Å². The summed E-state index contributed by atoms with van der Waals surface area (Å²) in [5, 5.41) is 6.59. The molecule has 7 nitrogen and oxygen atoms in total. The second-order valence-electron chi connectivity index (χ2n) is 6.13. The van der Waals surface area contributed by atoms with Gasteiger partial charge < -0.3 is 29.6 Å². The number of nitrogens with one attached hydrogen (secondary N) is 2. The molecule has 0 aromatic heterocycles. The number of halogens is 1. The fraction of sp³-hybridized carbons (Fsp3) is 0.381. The molecule has 0 spiro atoms. The van der Waals surface area contributed by atoms with Gasteiger partial charge in [-0.25, -0.2) is 0 Å². The molecule has 0 aliphatic rings. The van der Waals surface area contributed by atoms with Crippen molar-refractivity contribution in [3.05, 3.63) is 47.0 Å². The van der Waals surface area contributed by atoms with E-state index in [1.807, 2.05) is 31.2 Å². The Morgan fingerprint density at radius 2 is 1.41 bits per heavy atom. The fourth-order valence-electron chi connectivity index (χ4n) is 2.82. The minimum Gasteiger partial charge on any atom is -0.496 e. The monoisotopic (exact) mass is 515 g/mol. The van der Waals surface area contributed by atoms with Gasteiger partial charge in [0.15, 0.2) is 17.5 Å². The Morgan fingerprint density at radius 3 is 1.93 bits per heavy atom. The van der Waals surface area contributed by atoms with Crippen LogP contribution in [-0.4, -0.2) is 41.4 Å². The van der Waals surface area contributed by atoms with Crippen molar-refractivity contribution in [2.45, 2.75) is 20.0 Å². The molecule has 0 saturated carbocycles. The van der Waals surface area contributed by atoms with E-state index in [4.69, 9.17) is 18.9 Å². The maximum absolute atomic E-state index is 5.45. The standard InChI is InChI=1S/C21H29N3O4.HI/c1-14-7-8-16(17(9-14)25-3)13-24-21(22-2)23-12-15-10-18(26-4)20(28-6)19(11-15)27-5;/h7-11H,12-13H2,1-6H3,(H2,22,23,24);1H. The highest BCUT2D eigenvalue weighted by atomic mass is 127. The van der Waals surface area contributed by atoms with E-state index in [2.05, 4.69) is 21.7 Å². The number of guanidine groups is 1. The predicted molar refractivity (Wildman–Crippen MR) is 126 cm³/mol. The van der Waals surface area contributed by atoms with Crippen molar-refractivity contribution >= 4 is 29.9 Å². The minimum absolute atomic E-state index is 0. The highest BCUT2D eigenvalue weighted by Gasteiger charge is 2.13. The van der Waals surface area contributed by atoms with Gasteiger partial charge in [-0.15, -0.1) is 24.0 Å². The molecule has 2 rings (SSSR count). The van der Waals surface area contributed by atoms with Crippen LogP contribution >= 0.6 is 24.0 Å². The van der Waals surface area contributed by atoms with Gasteiger partial charge in [0.25, 0.3) is 0 Å². The van der Waals surface area contributed by atoms with Crippen LogP contribution < -0.4 is 29.6 Å². The summed E-state index contributed by atoms with van der Waals surface area (Å²) in [4.78, 5) is 4.28. The SMILES string of the molecule is CN=C(NCc1cc(OC)c(OC)c(OC)c1)NCc1ccc(C)cc1OC.I. The molecule has 0 unspecified atom stereocenters. The molecule has 0 heterocycles. The highest BCUT2D eigenvalue weighted by molar-refractivity contribution is 14.0. The average Bonchev–Trinajstić information content (AvgIpc) is 2.73. The number of nitrogens with zero attached hydrogens (tertiary/aromatic N) is 1. The van der Waals surface area contributed by atoms with Crippen LogP contribution in [0.2, 0.25) is 0 Å². The normalized spacial score (nSPS) is 10.6. The van der Waals surface area contributed by atoms with E-state index in [9.17, 15) is 0 Å². The van der Waals surface area contributed by atoms with Crippen molar-refractivity contribution < 1.29 is 18.9 Å². The highest BCUT2D eigenvalue weighted by Crippen LogP contribution is 2.38. The maximum Gasteiger partial charge on any atom is 0.203 e. The number of hydrogen-bond acceptors (Lipinski definition) is 5. The molecule has 0 bridgehead atoms. The van der Waals surface area contributed by atoms with Gasteiger partial charge in [0.1, 0.15) is 5.75 Å². The Hall–Kier alpha value is -2.36. The Kier molecular flexibility index (Phi) is 10.4. The van der Waals surface area contributed by atoms with Crippen molar-refractivity contribution in [2.24, 2.45) is 4.99 Å². The lowest BCUT2D eigenvalue weighted by Gasteiger charge is -2.16. The van der Waals surface area contributed by atoms with E-state index in [-0.39, 0.29) is 24.0 Å². The number of hydrogen-bond donors (Lipinski definition) is 2. The first-order valence-electron chi connectivity index (χ1n) is 8.93. The van der Waals surface area contributed by atoms with E-state index in [1.54, 1.807) is 35.5 Å². The molecular weight excluding hydrogens is 485 g/mol. The summed E-state index contributed by atoms with van der Waals surface area (Å²) in [5.41, 5.74) is 3.19. The number of methoxy groups -OCH3 is 4. The Morgan fingerprint density at radius 1 is 0.828 bits per heavy atom. The zero-order chi connectivity index (χ0) is 20.5. The van der Waals surface area contributed by atoms with E-state index in [0.29, 0.717) is 36.3 Å². The Balaban J connectivity index is 0.00000420. The summed E-state index contributed by atoms with van der Waals surface area (Å²) in [6, 6.07) is 9.94. The van der Waals surface area contributed by atoms with Crippen LogP contribution in [0.15, 0.2) is 35.3 Å². The van der Waals surface area contributed by atoms with Crippen molar-refractivity contribution in [1.29, 1.82) is 0 Å². The molecule has 2 aromatic rings. The van der Waals surface area contributed by atoms with Gasteiger partial charge in [0.05, 0.1) is 28.4 Å². The second kappa shape index (κ2) is 12.3. The topological polar surface area (TPSA) is 73.3 Å². The Labute approximate surface area is 189 Å². The second-order valence-corrected chi connectivity index (χ2v) is 6.13. The molecule has 8 heteroatoms. The lowest BCUT2D eigenvalue weighted by Crippen LogP contribution is -2.36. The first kappa shape index (κ1) is 24.7. The van der Waals surface area contributed by atoms with Crippen molar-refractivity contribution in [1.82, 2.24) is 10.6 Å². The maximum atomic E-state index is 5.45. The summed E-state index contributed by atoms with van der Waals surface area (Å²) < 4.78 is 21.6. The largest absolute Gasteiger partial charge is 0.496 e. The summed E-state index contributed by atoms with van der Waals surface area (Å²) in [6.07, 6.45) is 0. The molecule has 0 radical (unpaired) electrons. The third kappa shape index (κ3) is 6.59. The number of aryl methyl sites for hydroxylation is 1. The van der Waals surface area contributed by atoms with Crippen molar-refractivity contribution in [2.75, 3.05) is 35.5 Å². The van der Waals surface area contributed by atoms with Crippen LogP contribution in [0.3, 0.4) is 0 Å². The number of benzene rings is 2. The zero-order valence-electron chi connectivity index (χ0n) is 17.8. The zero-order valence-corrected chi connectivity index (χ0v) is 20.1. The minimum atomic E-state index is 0. The molecule has 160 valence electrons. The number of rotatable bonds is 8. The quantitative estimate of drug-likeness (QED) is 0.319. The van der Waals surface area contributed by atoms with Gasteiger partial charge in [-0.1, -0.05) is 12.1 Å². The van der Waals surface area contributed by atoms with Crippen LogP contribution in [-0.2, 0) is 13.1 Å². The Bertz CT molecular complexity index is 803. The van der Waals surface area contributed by atoms with Crippen molar-refractivity contribution in [3.8, 4) is 23.0 Å². The van der Waals surface area contributed by atoms with Gasteiger partial charge >= 0.3 is 0 Å². The fourth-order valence-corrected chi connectivity index (χ4v) is 2.82. The van der Waals surface area contributed by atoms with Crippen LogP contribution in [0.4, 0.5) is 0 Å². The van der Waals surface area contributed by atoms with Gasteiger partial charge in [-0.2, -0.15) is 0 Å². The van der Waals surface area contributed by atoms with E-state index < -0.39 is 0 Å². The van der Waals surface area contributed by atoms with Crippen LogP contribution in [0.25, 0.3) is 0 Å². The molecule has 2 N–H and O–H groups in total. The molecule has 0 saturated heterocycles. The molecular formula is C21H30IN3O4. The molecule has 0 aliphatic carbocycles. The lowest BCUT2D eigenvalue weighted by atomic mass is 10.1. The van der Waals surface area contributed by atoms with Crippen LogP contribution in [0.5, 0.6) is 23.0 Å². The molecule has 29 heavy (non-hydrogen) atoms. The molecule has 0 fully saturated rings. The van der Waals surface area contributed by atoms with Crippen molar-refractivity contribution in [3.63, 3.8) is 0 Å². The van der Waals surface area contributed by atoms with E-state index in [0.717, 1.165) is 22.4 Å². The molecule has 0 amide bonds. The van der Waals surface area contributed by atoms with E-state index in [1.165, 1.54) is 0 Å². The molecule has 0 atom stereocenters. The summed E-state index contributed by atoms with van der Waals surface area (Å²) in [6.45, 7) is 3.18. The summed E-state index contributed by atoms with van der Waals surface area (Å²) in [7, 11) is 8.20. The third-order valence-electron chi connectivity index (χ3n) is 4.30. The average molecular weight is 515 g/mol. The third-order valence-corrected chi connectivity index (χ3v) is 4.30. The lowest BCUT2D eigenvalue weighted by molar-refractivity contribution is 0.323. The summed E-state index contributed by atoms with van der Waals surface area (Å²) >= 11 is 0. The van der Waals surface area contributed by atoms with Gasteiger partial charge in [-0.3, -0.25) is 4.99 Å². The van der Waals surface area contributed by atoms with Crippen LogP contribution in [0, 0.1) is 6.92 Å². The van der Waals surface area contributed by atoms with E-state index >= 15 is 0 Å². The molecule has 0 aliphatic heterocycles. The van der Waals surface area contributed by atoms with Crippen LogP contribution in [0.1, 0.15) is 16.7 Å². The first-order chi connectivity index (χ1) is 13.6. The first-order valence-corrected chi connectivity index (χ1v) is 8.93. The summed E-state index contributed by atoms with van der Waals surface area (Å²) in [5.74, 6) is 3.34. The molecule has 2 aromatic carbocycles. The number of aliphatic imine (C=N–C) groups is 1. The van der Waals surface area contributed by atoms with Gasteiger partial charge in [0, 0.05) is 25.7 Å². The smallest absolute Gasteiger partial charge is 0.203 e.